The van der Waals surface area contributed by atoms with E-state index >= 15 is 0 Å². The summed E-state index contributed by atoms with van der Waals surface area (Å²) < 4.78 is 11.2. The number of hydrogen-bond donors (Lipinski definition) is 2. The molecular formula is C24H19N3O6S. The summed E-state index contributed by atoms with van der Waals surface area (Å²) in [6.45, 7) is 3.80. The van der Waals surface area contributed by atoms with Gasteiger partial charge in [0.05, 0.1) is 18.2 Å². The van der Waals surface area contributed by atoms with Crippen molar-refractivity contribution in [3.63, 3.8) is 0 Å². The maximum Gasteiger partial charge on any atom is 0.296 e. The molecule has 1 amide bonds. The third-order valence-electron chi connectivity index (χ3n) is 5.42. The van der Waals surface area contributed by atoms with Gasteiger partial charge in [-0.05, 0) is 43.7 Å². The Morgan fingerprint density at radius 2 is 1.97 bits per heavy atom. The van der Waals surface area contributed by atoms with Crippen molar-refractivity contribution in [3.8, 4) is 11.5 Å². The van der Waals surface area contributed by atoms with Gasteiger partial charge in [-0.3, -0.25) is 14.5 Å². The molecule has 1 aliphatic rings. The number of Topliss-reactive ketones (excluding diaryl/α,β-unsaturated/α-hetero) is 1. The smallest absolute Gasteiger partial charge is 0.296 e. The third-order valence-corrected chi connectivity index (χ3v) is 6.26. The van der Waals surface area contributed by atoms with Crippen LogP contribution in [-0.2, 0) is 4.79 Å². The fraction of sp³-hybridized carbons (Fsp3) is 0.167. The van der Waals surface area contributed by atoms with E-state index in [1.165, 1.54) is 17.0 Å². The van der Waals surface area contributed by atoms with E-state index in [4.69, 9.17) is 9.15 Å². The fourth-order valence-electron chi connectivity index (χ4n) is 3.93. The summed E-state index contributed by atoms with van der Waals surface area (Å²) in [6, 6.07) is 12.1. The van der Waals surface area contributed by atoms with E-state index < -0.39 is 23.5 Å². The highest BCUT2D eigenvalue weighted by atomic mass is 32.1. The Bertz CT molecular complexity index is 1440. The number of amides is 1. The van der Waals surface area contributed by atoms with Gasteiger partial charge in [-0.2, -0.15) is 0 Å². The second kappa shape index (κ2) is 8.31. The molecule has 0 aliphatic carbocycles. The average molecular weight is 477 g/mol. The number of aliphatic hydroxyl groups excluding tert-OH is 1. The van der Waals surface area contributed by atoms with Gasteiger partial charge in [-0.15, -0.1) is 10.2 Å². The zero-order valence-electron chi connectivity index (χ0n) is 18.2. The summed E-state index contributed by atoms with van der Waals surface area (Å²) in [5, 5.41) is 30.6. The van der Waals surface area contributed by atoms with E-state index in [1.54, 1.807) is 44.2 Å². The SMILES string of the molecule is CCOc1cc(C2C(C(=O)c3cc4ccccc4o3)=C(O)C(=O)N2c2nnc(C)s2)ccc1O. The van der Waals surface area contributed by atoms with Crippen molar-refractivity contribution < 1.29 is 29.0 Å². The van der Waals surface area contributed by atoms with E-state index in [-0.39, 0.29) is 28.0 Å². The highest BCUT2D eigenvalue weighted by Gasteiger charge is 2.47. The molecule has 1 atom stereocenters. The predicted octanol–water partition coefficient (Wildman–Crippen LogP) is 4.48. The van der Waals surface area contributed by atoms with Crippen molar-refractivity contribution in [2.75, 3.05) is 11.5 Å². The minimum absolute atomic E-state index is 0.0142. The van der Waals surface area contributed by atoms with Crippen molar-refractivity contribution in [1.82, 2.24) is 10.2 Å². The number of rotatable bonds is 6. The number of ketones is 1. The molecule has 172 valence electrons. The molecule has 9 nitrogen and oxygen atoms in total. The maximum atomic E-state index is 13.6. The minimum atomic E-state index is -1.04. The Labute approximate surface area is 197 Å². The molecule has 0 fully saturated rings. The van der Waals surface area contributed by atoms with E-state index in [0.717, 1.165) is 11.3 Å². The molecule has 1 aliphatic heterocycles. The Kier molecular flexibility index (Phi) is 5.29. The van der Waals surface area contributed by atoms with Gasteiger partial charge >= 0.3 is 0 Å². The summed E-state index contributed by atoms with van der Waals surface area (Å²) in [5.74, 6) is -2.04. The lowest BCUT2D eigenvalue weighted by Crippen LogP contribution is -2.31. The van der Waals surface area contributed by atoms with Crippen LogP contribution in [0.25, 0.3) is 11.0 Å². The lowest BCUT2D eigenvalue weighted by atomic mass is 9.95. The summed E-state index contributed by atoms with van der Waals surface area (Å²) >= 11 is 1.15. The van der Waals surface area contributed by atoms with Crippen molar-refractivity contribution in [3.05, 3.63) is 76.2 Å². The summed E-state index contributed by atoms with van der Waals surface area (Å²) in [4.78, 5) is 28.0. The number of para-hydroxylation sites is 1. The lowest BCUT2D eigenvalue weighted by molar-refractivity contribution is -0.117. The van der Waals surface area contributed by atoms with E-state index in [1.807, 2.05) is 6.07 Å². The van der Waals surface area contributed by atoms with Crippen LogP contribution in [0.5, 0.6) is 11.5 Å². The topological polar surface area (TPSA) is 126 Å². The van der Waals surface area contributed by atoms with Gasteiger partial charge in [0, 0.05) is 5.39 Å². The van der Waals surface area contributed by atoms with Gasteiger partial charge < -0.3 is 19.4 Å². The maximum absolute atomic E-state index is 13.6. The molecule has 0 radical (unpaired) electrons. The summed E-state index contributed by atoms with van der Waals surface area (Å²) in [5.41, 5.74) is 0.780. The molecule has 0 bridgehead atoms. The number of anilines is 1. The molecule has 2 aromatic heterocycles. The van der Waals surface area contributed by atoms with Gasteiger partial charge in [0.15, 0.2) is 23.0 Å². The molecule has 3 heterocycles. The fourth-order valence-corrected chi connectivity index (χ4v) is 4.65. The number of aromatic hydroxyl groups is 1. The highest BCUT2D eigenvalue weighted by molar-refractivity contribution is 7.15. The van der Waals surface area contributed by atoms with Crippen molar-refractivity contribution >= 4 is 39.1 Å². The number of aliphatic hydroxyl groups is 1. The molecule has 0 spiro atoms. The average Bonchev–Trinajstić information content (AvgIpc) is 3.51. The number of furan rings is 1. The Morgan fingerprint density at radius 3 is 2.68 bits per heavy atom. The number of phenols is 1. The third kappa shape index (κ3) is 3.48. The first kappa shape index (κ1) is 21.7. The molecule has 1 unspecified atom stereocenters. The quantitative estimate of drug-likeness (QED) is 0.389. The number of ether oxygens (including phenoxy) is 1. The number of carbonyl (C=O) groups excluding carboxylic acids is 2. The lowest BCUT2D eigenvalue weighted by Gasteiger charge is -2.24. The number of fused-ring (bicyclic) bond motifs is 1. The normalized spacial score (nSPS) is 16.0. The molecule has 0 saturated carbocycles. The molecule has 34 heavy (non-hydrogen) atoms. The zero-order chi connectivity index (χ0) is 24.0. The van der Waals surface area contributed by atoms with Crippen LogP contribution >= 0.6 is 11.3 Å². The molecule has 4 aromatic rings. The van der Waals surface area contributed by atoms with Crippen LogP contribution in [0.1, 0.15) is 34.1 Å². The second-order valence-corrected chi connectivity index (χ2v) is 8.74. The van der Waals surface area contributed by atoms with Crippen LogP contribution in [0.4, 0.5) is 5.13 Å². The van der Waals surface area contributed by atoms with E-state index in [0.29, 0.717) is 28.1 Å². The van der Waals surface area contributed by atoms with Crippen LogP contribution in [0.15, 0.2) is 64.3 Å². The van der Waals surface area contributed by atoms with Crippen molar-refractivity contribution in [1.29, 1.82) is 0 Å². The zero-order valence-corrected chi connectivity index (χ0v) is 19.0. The molecule has 10 heteroatoms. The largest absolute Gasteiger partial charge is 0.504 e. The standard InChI is InChI=1S/C24H19N3O6S/c1-3-32-17-11-14(8-9-15(17)28)20-19(21(29)18-10-13-6-4-5-7-16(13)33-18)22(30)23(31)27(20)24-26-25-12(2)34-24/h4-11,20,28,30H,3H2,1-2H3. The molecular weight excluding hydrogens is 458 g/mol. The summed E-state index contributed by atoms with van der Waals surface area (Å²) in [7, 11) is 0. The van der Waals surface area contributed by atoms with Crippen molar-refractivity contribution in [2.45, 2.75) is 19.9 Å². The van der Waals surface area contributed by atoms with Crippen LogP contribution in [0, 0.1) is 6.92 Å². The number of carbonyl (C=O) groups is 2. The van der Waals surface area contributed by atoms with E-state index in [9.17, 15) is 19.8 Å². The molecule has 0 saturated heterocycles. The number of hydrogen-bond acceptors (Lipinski definition) is 9. The number of aryl methyl sites for hydroxylation is 1. The molecule has 5 rings (SSSR count). The van der Waals surface area contributed by atoms with Crippen LogP contribution in [0.3, 0.4) is 0 Å². The van der Waals surface area contributed by atoms with Crippen LogP contribution < -0.4 is 9.64 Å². The predicted molar refractivity (Wildman–Crippen MR) is 124 cm³/mol. The highest BCUT2D eigenvalue weighted by Crippen LogP contribution is 2.44. The van der Waals surface area contributed by atoms with E-state index in [2.05, 4.69) is 10.2 Å². The Morgan fingerprint density at radius 1 is 1.18 bits per heavy atom. The van der Waals surface area contributed by atoms with Gasteiger partial charge in [-0.25, -0.2) is 0 Å². The number of nitrogens with zero attached hydrogens (tertiary/aromatic N) is 3. The number of phenolic OH excluding ortho intramolecular Hbond substituents is 1. The number of aromatic nitrogens is 2. The second-order valence-electron chi connectivity index (χ2n) is 7.58. The first-order valence-corrected chi connectivity index (χ1v) is 11.3. The first-order chi connectivity index (χ1) is 16.4. The van der Waals surface area contributed by atoms with Crippen molar-refractivity contribution in [2.24, 2.45) is 0 Å². The van der Waals surface area contributed by atoms with Gasteiger partial charge in [0.2, 0.25) is 10.9 Å². The minimum Gasteiger partial charge on any atom is -0.504 e. The molecule has 2 N–H and O–H groups in total. The van der Waals surface area contributed by atoms with Gasteiger partial charge in [0.25, 0.3) is 5.91 Å². The summed E-state index contributed by atoms with van der Waals surface area (Å²) in [6.07, 6.45) is 0. The Balaban J connectivity index is 1.67. The molecule has 2 aromatic carbocycles. The van der Waals surface area contributed by atoms with Gasteiger partial charge in [-0.1, -0.05) is 35.6 Å². The first-order valence-electron chi connectivity index (χ1n) is 10.4. The Hall–Kier alpha value is -4.18. The monoisotopic (exact) mass is 477 g/mol. The van der Waals surface area contributed by atoms with Crippen LogP contribution in [-0.4, -0.2) is 38.7 Å². The number of benzene rings is 2. The van der Waals surface area contributed by atoms with Crippen LogP contribution in [0.2, 0.25) is 0 Å². The van der Waals surface area contributed by atoms with Gasteiger partial charge in [0.1, 0.15) is 10.6 Å².